The van der Waals surface area contributed by atoms with Crippen LogP contribution in [0.25, 0.3) is 10.9 Å². The second-order valence-electron chi connectivity index (χ2n) is 4.28. The fraction of sp³-hybridized carbons (Fsp3) is 0.250. The molecule has 1 fully saturated rings. The lowest BCUT2D eigenvalue weighted by atomic mass is 10.1. The summed E-state index contributed by atoms with van der Waals surface area (Å²) in [7, 11) is 0. The first-order valence-electron chi connectivity index (χ1n) is 5.61. The average Bonchev–Trinajstić information content (AvgIpc) is 2.71. The third kappa shape index (κ3) is 1.92. The summed E-state index contributed by atoms with van der Waals surface area (Å²) in [5, 5.41) is 7.68. The highest BCUT2D eigenvalue weighted by molar-refractivity contribution is 9.10. The first kappa shape index (κ1) is 11.4. The lowest BCUT2D eigenvalue weighted by Crippen LogP contribution is -2.41. The van der Waals surface area contributed by atoms with Crippen molar-refractivity contribution >= 4 is 38.6 Å². The van der Waals surface area contributed by atoms with Crippen LogP contribution in [0, 0.1) is 0 Å². The Bertz CT molecular complexity index is 650. The second kappa shape index (κ2) is 4.20. The Morgan fingerprint density at radius 3 is 3.00 bits per heavy atom. The molecule has 1 aromatic heterocycles. The van der Waals surface area contributed by atoms with E-state index in [9.17, 15) is 9.59 Å². The van der Waals surface area contributed by atoms with Gasteiger partial charge < -0.3 is 0 Å². The van der Waals surface area contributed by atoms with Gasteiger partial charge in [0.2, 0.25) is 5.91 Å². The molecule has 2 aromatic rings. The van der Waals surface area contributed by atoms with Gasteiger partial charge in [-0.25, -0.2) is 0 Å². The van der Waals surface area contributed by atoms with Gasteiger partial charge in [0.15, 0.2) is 0 Å². The summed E-state index contributed by atoms with van der Waals surface area (Å²) in [6.07, 6.45) is 2.69. The molecule has 0 saturated carbocycles. The van der Waals surface area contributed by atoms with Crippen molar-refractivity contribution in [1.29, 1.82) is 0 Å². The summed E-state index contributed by atoms with van der Waals surface area (Å²) in [6.45, 7) is 0. The summed E-state index contributed by atoms with van der Waals surface area (Å²) < 4.78 is 2.61. The number of carbonyl (C=O) groups excluding carboxylic acids is 2. The molecular weight excluding hydrogens is 298 g/mol. The van der Waals surface area contributed by atoms with Gasteiger partial charge in [0.25, 0.3) is 5.91 Å². The molecular formula is C12H10BrN3O2. The number of nitrogens with one attached hydrogen (secondary N) is 1. The van der Waals surface area contributed by atoms with Gasteiger partial charge >= 0.3 is 0 Å². The van der Waals surface area contributed by atoms with E-state index in [0.29, 0.717) is 12.8 Å². The van der Waals surface area contributed by atoms with Crippen molar-refractivity contribution in [2.75, 3.05) is 0 Å². The molecule has 5 nitrogen and oxygen atoms in total. The normalized spacial score (nSPS) is 20.2. The van der Waals surface area contributed by atoms with Crippen molar-refractivity contribution in [2.24, 2.45) is 0 Å². The molecule has 92 valence electrons. The third-order valence-corrected chi connectivity index (χ3v) is 3.51. The summed E-state index contributed by atoms with van der Waals surface area (Å²) >= 11 is 3.40. The smallest absolute Gasteiger partial charge is 0.251 e. The maximum atomic E-state index is 11.7. The molecule has 1 saturated heterocycles. The number of amides is 2. The Labute approximate surface area is 111 Å². The Hall–Kier alpha value is -1.69. The number of aromatic nitrogens is 2. The van der Waals surface area contributed by atoms with Gasteiger partial charge in [-0.05, 0) is 24.6 Å². The first-order chi connectivity index (χ1) is 8.63. The molecule has 18 heavy (non-hydrogen) atoms. The number of piperidine rings is 1. The van der Waals surface area contributed by atoms with Crippen LogP contribution in [0.5, 0.6) is 0 Å². The van der Waals surface area contributed by atoms with Crippen molar-refractivity contribution in [1.82, 2.24) is 15.1 Å². The zero-order valence-electron chi connectivity index (χ0n) is 9.39. The molecule has 1 aliphatic rings. The van der Waals surface area contributed by atoms with Gasteiger partial charge in [-0.15, -0.1) is 0 Å². The van der Waals surface area contributed by atoms with Crippen LogP contribution < -0.4 is 5.32 Å². The summed E-state index contributed by atoms with van der Waals surface area (Å²) in [6, 6.07) is 5.35. The van der Waals surface area contributed by atoms with E-state index in [1.54, 1.807) is 4.68 Å². The minimum absolute atomic E-state index is 0.212. The van der Waals surface area contributed by atoms with Crippen LogP contribution >= 0.6 is 15.9 Å². The topological polar surface area (TPSA) is 64.0 Å². The average molecular weight is 308 g/mol. The molecule has 0 radical (unpaired) electrons. The molecule has 3 rings (SSSR count). The summed E-state index contributed by atoms with van der Waals surface area (Å²) in [5.74, 6) is -0.492. The van der Waals surface area contributed by atoms with E-state index in [-0.39, 0.29) is 11.8 Å². The third-order valence-electron chi connectivity index (χ3n) is 3.01. The molecule has 0 spiro atoms. The van der Waals surface area contributed by atoms with Crippen LogP contribution in [0.4, 0.5) is 0 Å². The molecule has 2 amide bonds. The number of hydrogen-bond acceptors (Lipinski definition) is 3. The van der Waals surface area contributed by atoms with E-state index in [2.05, 4.69) is 26.3 Å². The highest BCUT2D eigenvalue weighted by atomic mass is 79.9. The maximum Gasteiger partial charge on any atom is 0.251 e. The van der Waals surface area contributed by atoms with Gasteiger partial charge in [0.1, 0.15) is 6.04 Å². The predicted molar refractivity (Wildman–Crippen MR) is 68.9 cm³/mol. The lowest BCUT2D eigenvalue weighted by Gasteiger charge is -2.20. The molecule has 1 atom stereocenters. The number of nitrogens with zero attached hydrogens (tertiary/aromatic N) is 2. The monoisotopic (exact) mass is 307 g/mol. The van der Waals surface area contributed by atoms with Gasteiger partial charge in [0.05, 0.1) is 5.52 Å². The van der Waals surface area contributed by atoms with E-state index < -0.39 is 6.04 Å². The van der Waals surface area contributed by atoms with Crippen LogP contribution in [-0.4, -0.2) is 21.6 Å². The van der Waals surface area contributed by atoms with Crippen LogP contribution in [0.2, 0.25) is 0 Å². The second-order valence-corrected chi connectivity index (χ2v) is 5.19. The fourth-order valence-electron chi connectivity index (χ4n) is 2.11. The highest BCUT2D eigenvalue weighted by Crippen LogP contribution is 2.23. The molecule has 2 heterocycles. The maximum absolute atomic E-state index is 11.7. The zero-order valence-corrected chi connectivity index (χ0v) is 11.0. The fourth-order valence-corrected chi connectivity index (χ4v) is 2.49. The number of halogens is 1. The molecule has 1 unspecified atom stereocenters. The van der Waals surface area contributed by atoms with Gasteiger partial charge in [-0.2, -0.15) is 5.10 Å². The molecule has 1 N–H and O–H groups in total. The molecule has 1 aromatic carbocycles. The Kier molecular flexibility index (Phi) is 2.66. The highest BCUT2D eigenvalue weighted by Gasteiger charge is 2.28. The minimum Gasteiger partial charge on any atom is -0.295 e. The first-order valence-corrected chi connectivity index (χ1v) is 6.41. The number of rotatable bonds is 1. The Morgan fingerprint density at radius 2 is 2.22 bits per heavy atom. The number of hydrogen-bond donors (Lipinski definition) is 1. The largest absolute Gasteiger partial charge is 0.295 e. The van der Waals surface area contributed by atoms with Gasteiger partial charge in [0, 0.05) is 22.5 Å². The Morgan fingerprint density at radius 1 is 1.39 bits per heavy atom. The molecule has 0 aliphatic carbocycles. The van der Waals surface area contributed by atoms with E-state index in [0.717, 1.165) is 15.4 Å². The van der Waals surface area contributed by atoms with Crippen molar-refractivity contribution in [2.45, 2.75) is 18.9 Å². The van der Waals surface area contributed by atoms with Crippen molar-refractivity contribution in [3.05, 3.63) is 28.9 Å². The Balaban J connectivity index is 1.99. The molecule has 1 aliphatic heterocycles. The summed E-state index contributed by atoms with van der Waals surface area (Å²) in [5.41, 5.74) is 0.836. The SMILES string of the molecule is O=C1CCC(n2cc3cc(Br)ccc3n2)C(=O)N1. The van der Waals surface area contributed by atoms with Crippen LogP contribution in [0.3, 0.4) is 0 Å². The van der Waals surface area contributed by atoms with E-state index in [1.165, 1.54) is 0 Å². The minimum atomic E-state index is -0.395. The quantitative estimate of drug-likeness (QED) is 0.817. The number of carbonyl (C=O) groups is 2. The molecule has 6 heteroatoms. The molecule has 0 bridgehead atoms. The zero-order chi connectivity index (χ0) is 12.7. The van der Waals surface area contributed by atoms with E-state index in [1.807, 2.05) is 24.4 Å². The summed E-state index contributed by atoms with van der Waals surface area (Å²) in [4.78, 5) is 22.8. The predicted octanol–water partition coefficient (Wildman–Crippen LogP) is 1.78. The van der Waals surface area contributed by atoms with Crippen molar-refractivity contribution < 1.29 is 9.59 Å². The van der Waals surface area contributed by atoms with E-state index >= 15 is 0 Å². The number of fused-ring (bicyclic) bond motifs is 1. The lowest BCUT2D eigenvalue weighted by molar-refractivity contribution is -0.135. The van der Waals surface area contributed by atoms with Crippen LogP contribution in [-0.2, 0) is 9.59 Å². The van der Waals surface area contributed by atoms with Gasteiger partial charge in [-0.3, -0.25) is 19.6 Å². The number of benzene rings is 1. The van der Waals surface area contributed by atoms with Gasteiger partial charge in [-0.1, -0.05) is 15.9 Å². The van der Waals surface area contributed by atoms with Crippen molar-refractivity contribution in [3.8, 4) is 0 Å². The standard InChI is InChI=1S/C12H10BrN3O2/c13-8-1-2-9-7(5-8)6-16(15-9)10-3-4-11(17)14-12(10)18/h1-2,5-6,10H,3-4H2,(H,14,17,18). The van der Waals surface area contributed by atoms with Crippen LogP contribution in [0.1, 0.15) is 18.9 Å². The van der Waals surface area contributed by atoms with E-state index in [4.69, 9.17) is 0 Å². The van der Waals surface area contributed by atoms with Crippen LogP contribution in [0.15, 0.2) is 28.9 Å². The number of imide groups is 1. The van der Waals surface area contributed by atoms with Crippen molar-refractivity contribution in [3.63, 3.8) is 0 Å².